The Morgan fingerprint density at radius 1 is 1.26 bits per heavy atom. The largest absolute Gasteiger partial charge is 0.492 e. The summed E-state index contributed by atoms with van der Waals surface area (Å²) in [5, 5.41) is 2.71. The summed E-state index contributed by atoms with van der Waals surface area (Å²) in [7, 11) is -0.690. The van der Waals surface area contributed by atoms with Crippen LogP contribution in [0, 0.1) is 0 Å². The Morgan fingerprint density at radius 3 is 2.37 bits per heavy atom. The molecule has 0 bridgehead atoms. The third-order valence-electron chi connectivity index (χ3n) is 4.58. The van der Waals surface area contributed by atoms with Crippen LogP contribution in [0.25, 0.3) is 6.08 Å². The monoisotopic (exact) mass is 376 g/mol. The standard InChI is InChI=1S/C19H29BN2O5/c1-17(2,3)25-16(24)22-12-14(11-13-9-8-10-21-15(13)23)20-26-18(4,5)19(6,7)27-20/h8-11H,12H2,1-7H3,(H,21,23)(H,22,24). The number of H-pyrrole nitrogens is 1. The van der Waals surface area contributed by atoms with Crippen molar-refractivity contribution in [1.82, 2.24) is 10.3 Å². The summed E-state index contributed by atoms with van der Waals surface area (Å²) in [5.41, 5.74) is -0.833. The second-order valence-electron chi connectivity index (χ2n) is 8.62. The van der Waals surface area contributed by atoms with Gasteiger partial charge in [-0.2, -0.15) is 0 Å². The minimum absolute atomic E-state index is 0.125. The fourth-order valence-corrected chi connectivity index (χ4v) is 2.43. The van der Waals surface area contributed by atoms with Crippen molar-refractivity contribution >= 4 is 19.3 Å². The van der Waals surface area contributed by atoms with Gasteiger partial charge in [-0.1, -0.05) is 6.08 Å². The number of hydrogen-bond acceptors (Lipinski definition) is 5. The Kier molecular flexibility index (Phi) is 5.92. The van der Waals surface area contributed by atoms with E-state index in [9.17, 15) is 9.59 Å². The van der Waals surface area contributed by atoms with Crippen molar-refractivity contribution in [2.24, 2.45) is 0 Å². The van der Waals surface area contributed by atoms with Gasteiger partial charge in [0, 0.05) is 18.3 Å². The quantitative estimate of drug-likeness (QED) is 0.789. The van der Waals surface area contributed by atoms with E-state index in [0.29, 0.717) is 11.0 Å². The number of nitrogens with one attached hydrogen (secondary N) is 2. The van der Waals surface area contributed by atoms with Gasteiger partial charge in [-0.25, -0.2) is 4.79 Å². The molecule has 1 aromatic rings. The Hall–Kier alpha value is -2.06. The van der Waals surface area contributed by atoms with Crippen LogP contribution in [0.2, 0.25) is 0 Å². The summed E-state index contributed by atoms with van der Waals surface area (Å²) >= 11 is 0. The Balaban J connectivity index is 2.26. The van der Waals surface area contributed by atoms with Crippen LogP contribution in [-0.4, -0.2) is 41.5 Å². The number of hydrogen-bond donors (Lipinski definition) is 2. The molecule has 0 atom stereocenters. The third-order valence-corrected chi connectivity index (χ3v) is 4.58. The SMILES string of the molecule is CC(C)(C)OC(=O)NCC(=Cc1ccc[nH]c1=O)B1OC(C)(C)C(C)(C)O1. The third kappa shape index (κ3) is 5.46. The zero-order valence-electron chi connectivity index (χ0n) is 17.1. The van der Waals surface area contributed by atoms with Crippen LogP contribution in [0.5, 0.6) is 0 Å². The van der Waals surface area contributed by atoms with Crippen molar-refractivity contribution < 1.29 is 18.8 Å². The van der Waals surface area contributed by atoms with Crippen LogP contribution in [0.3, 0.4) is 0 Å². The zero-order valence-corrected chi connectivity index (χ0v) is 17.1. The minimum Gasteiger partial charge on any atom is -0.444 e. The minimum atomic E-state index is -0.690. The number of pyridine rings is 1. The number of alkyl carbamates (subject to hydrolysis) is 1. The van der Waals surface area contributed by atoms with Gasteiger partial charge in [0.2, 0.25) is 0 Å². The van der Waals surface area contributed by atoms with E-state index in [0.717, 1.165) is 0 Å². The Bertz CT molecular complexity index is 761. The van der Waals surface area contributed by atoms with Gasteiger partial charge in [-0.15, -0.1) is 0 Å². The normalized spacial score (nSPS) is 19.1. The van der Waals surface area contributed by atoms with E-state index >= 15 is 0 Å². The van der Waals surface area contributed by atoms with Crippen molar-refractivity contribution in [3.63, 3.8) is 0 Å². The molecule has 8 heteroatoms. The van der Waals surface area contributed by atoms with Crippen molar-refractivity contribution in [2.45, 2.75) is 65.3 Å². The number of carbonyl (C=O) groups excluding carboxylic acids is 1. The first-order valence-electron chi connectivity index (χ1n) is 9.01. The van der Waals surface area contributed by atoms with Gasteiger partial charge in [0.05, 0.1) is 11.2 Å². The highest BCUT2D eigenvalue weighted by atomic mass is 16.7. The lowest BCUT2D eigenvalue weighted by molar-refractivity contribution is 0.00578. The summed E-state index contributed by atoms with van der Waals surface area (Å²) in [6, 6.07) is 3.42. The lowest BCUT2D eigenvalue weighted by atomic mass is 9.77. The van der Waals surface area contributed by atoms with Crippen molar-refractivity contribution in [1.29, 1.82) is 0 Å². The highest BCUT2D eigenvalue weighted by molar-refractivity contribution is 6.56. The Labute approximate surface area is 160 Å². The average Bonchev–Trinajstić information content (AvgIpc) is 2.71. The van der Waals surface area contributed by atoms with Crippen molar-refractivity contribution in [3.8, 4) is 0 Å². The smallest absolute Gasteiger partial charge is 0.444 e. The maximum absolute atomic E-state index is 12.1. The van der Waals surface area contributed by atoms with Crippen LogP contribution in [0.15, 0.2) is 28.6 Å². The number of amides is 1. The number of ether oxygens (including phenoxy) is 1. The fraction of sp³-hybridized carbons (Fsp3) is 0.579. The maximum Gasteiger partial charge on any atom is 0.492 e. The van der Waals surface area contributed by atoms with Gasteiger partial charge in [0.15, 0.2) is 0 Å². The summed E-state index contributed by atoms with van der Waals surface area (Å²) in [6.45, 7) is 13.3. The molecule has 1 saturated heterocycles. The second-order valence-corrected chi connectivity index (χ2v) is 8.62. The molecule has 1 amide bonds. The molecule has 0 saturated carbocycles. The summed E-state index contributed by atoms with van der Waals surface area (Å²) in [6.07, 6.45) is 2.69. The first-order valence-corrected chi connectivity index (χ1v) is 9.01. The molecule has 0 spiro atoms. The van der Waals surface area contributed by atoms with Gasteiger partial charge in [0.25, 0.3) is 5.56 Å². The molecule has 0 unspecified atom stereocenters. The van der Waals surface area contributed by atoms with E-state index in [2.05, 4.69) is 10.3 Å². The first kappa shape index (κ1) is 21.2. The predicted octanol–water partition coefficient (Wildman–Crippen LogP) is 2.91. The van der Waals surface area contributed by atoms with E-state index in [-0.39, 0.29) is 12.1 Å². The molecule has 0 radical (unpaired) electrons. The topological polar surface area (TPSA) is 89.7 Å². The van der Waals surface area contributed by atoms with E-state index in [1.807, 2.05) is 27.7 Å². The lowest BCUT2D eigenvalue weighted by Gasteiger charge is -2.32. The summed E-state index contributed by atoms with van der Waals surface area (Å²) in [4.78, 5) is 26.7. The molecule has 1 aromatic heterocycles. The van der Waals surface area contributed by atoms with Crippen LogP contribution in [0.4, 0.5) is 4.79 Å². The van der Waals surface area contributed by atoms with Crippen LogP contribution < -0.4 is 10.9 Å². The average molecular weight is 376 g/mol. The molecule has 2 N–H and O–H groups in total. The Morgan fingerprint density at radius 2 is 1.85 bits per heavy atom. The van der Waals surface area contributed by atoms with Crippen LogP contribution in [0.1, 0.15) is 54.0 Å². The molecular formula is C19H29BN2O5. The van der Waals surface area contributed by atoms with E-state index in [4.69, 9.17) is 14.0 Å². The van der Waals surface area contributed by atoms with Crippen LogP contribution in [-0.2, 0) is 14.0 Å². The van der Waals surface area contributed by atoms with Gasteiger partial charge < -0.3 is 24.3 Å². The van der Waals surface area contributed by atoms with Crippen LogP contribution >= 0.6 is 0 Å². The molecular weight excluding hydrogens is 347 g/mol. The van der Waals surface area contributed by atoms with Gasteiger partial charge in [-0.3, -0.25) is 4.79 Å². The molecule has 1 aliphatic rings. The molecule has 27 heavy (non-hydrogen) atoms. The molecule has 0 aromatic carbocycles. The summed E-state index contributed by atoms with van der Waals surface area (Å²) < 4.78 is 17.4. The van der Waals surface area contributed by atoms with Gasteiger partial charge >= 0.3 is 13.2 Å². The van der Waals surface area contributed by atoms with E-state index in [1.54, 1.807) is 45.2 Å². The zero-order chi connectivity index (χ0) is 20.5. The molecule has 0 aliphatic carbocycles. The maximum atomic E-state index is 12.1. The fourth-order valence-electron chi connectivity index (χ4n) is 2.43. The molecule has 1 fully saturated rings. The highest BCUT2D eigenvalue weighted by Gasteiger charge is 2.52. The second kappa shape index (κ2) is 7.52. The van der Waals surface area contributed by atoms with E-state index < -0.39 is 30.0 Å². The molecule has 7 nitrogen and oxygen atoms in total. The summed E-state index contributed by atoms with van der Waals surface area (Å²) in [5.74, 6) is 0. The molecule has 2 heterocycles. The van der Waals surface area contributed by atoms with Gasteiger partial charge in [-0.05, 0) is 66.1 Å². The number of aromatic nitrogens is 1. The number of aromatic amines is 1. The highest BCUT2D eigenvalue weighted by Crippen LogP contribution is 2.38. The lowest BCUT2D eigenvalue weighted by Crippen LogP contribution is -2.41. The molecule has 148 valence electrons. The predicted molar refractivity (Wildman–Crippen MR) is 105 cm³/mol. The first-order chi connectivity index (χ1) is 12.3. The van der Waals surface area contributed by atoms with Crippen molar-refractivity contribution in [3.05, 3.63) is 39.7 Å². The van der Waals surface area contributed by atoms with Crippen molar-refractivity contribution in [2.75, 3.05) is 6.54 Å². The van der Waals surface area contributed by atoms with Gasteiger partial charge in [0.1, 0.15) is 5.60 Å². The number of carbonyl (C=O) groups is 1. The molecule has 1 aliphatic heterocycles. The molecule has 2 rings (SSSR count). The number of rotatable bonds is 4. The van der Waals surface area contributed by atoms with E-state index in [1.165, 1.54) is 0 Å².